The van der Waals surface area contributed by atoms with Crippen LogP contribution in [-0.4, -0.2) is 27.1 Å². The third-order valence-electron chi connectivity index (χ3n) is 6.11. The fraction of sp³-hybridized carbons (Fsp3) is 0.0968. The van der Waals surface area contributed by atoms with E-state index in [1.807, 2.05) is 74.5 Å². The molecule has 0 fully saturated rings. The first-order valence-electron chi connectivity index (χ1n) is 12.4. The molecule has 1 aromatic heterocycles. The molecule has 0 aliphatic heterocycles. The molecule has 1 heterocycles. The minimum atomic E-state index is -0.255. The van der Waals surface area contributed by atoms with E-state index < -0.39 is 0 Å². The summed E-state index contributed by atoms with van der Waals surface area (Å²) in [5.74, 6) is -0.440. The molecule has 0 unspecified atom stereocenters. The van der Waals surface area contributed by atoms with E-state index >= 15 is 0 Å². The first-order valence-corrected chi connectivity index (χ1v) is 13.4. The highest BCUT2D eigenvalue weighted by Gasteiger charge is 2.15. The maximum Gasteiger partial charge on any atom is 0.266 e. The maximum atomic E-state index is 13.4. The number of rotatable bonds is 7. The molecule has 194 valence electrons. The Morgan fingerprint density at radius 1 is 0.769 bits per heavy atom. The van der Waals surface area contributed by atoms with E-state index in [9.17, 15) is 14.4 Å². The Bertz CT molecular complexity index is 1710. The molecule has 4 aromatic carbocycles. The van der Waals surface area contributed by atoms with Crippen LogP contribution in [0.5, 0.6) is 0 Å². The van der Waals surface area contributed by atoms with E-state index in [1.165, 1.54) is 11.8 Å². The minimum absolute atomic E-state index is 0.0479. The molecular weight excluding hydrogens is 508 g/mol. The normalized spacial score (nSPS) is 10.8. The molecule has 2 N–H and O–H groups in total. The second-order valence-electron chi connectivity index (χ2n) is 9.12. The molecule has 0 aliphatic carbocycles. The highest BCUT2D eigenvalue weighted by Crippen LogP contribution is 2.22. The molecular formula is C31H26N4O3S. The van der Waals surface area contributed by atoms with Crippen LogP contribution in [0.2, 0.25) is 0 Å². The number of carbonyl (C=O) groups excluding carboxylic acids is 2. The fourth-order valence-electron chi connectivity index (χ4n) is 4.00. The minimum Gasteiger partial charge on any atom is -0.325 e. The van der Waals surface area contributed by atoms with Gasteiger partial charge in [-0.05, 0) is 74.5 Å². The van der Waals surface area contributed by atoms with Crippen molar-refractivity contribution in [3.05, 3.63) is 124 Å². The molecule has 0 saturated carbocycles. The molecule has 7 nitrogen and oxygen atoms in total. The molecule has 2 amide bonds. The van der Waals surface area contributed by atoms with Crippen LogP contribution < -0.4 is 16.2 Å². The number of hydrogen-bond donors (Lipinski definition) is 2. The smallest absolute Gasteiger partial charge is 0.266 e. The molecule has 0 spiro atoms. The highest BCUT2D eigenvalue weighted by atomic mass is 32.2. The van der Waals surface area contributed by atoms with E-state index in [-0.39, 0.29) is 23.1 Å². The standard InChI is InChI=1S/C31H26N4O3S/c1-20-7-13-24(14-8-20)33-29(37)22-11-15-23(16-12-22)32-28(36)19-39-31-34-27-6-4-3-5-26(27)30(38)35(31)25-17-9-21(2)10-18-25/h3-18H,19H2,1-2H3,(H,32,36)(H,33,37). The number of nitrogens with zero attached hydrogens (tertiary/aromatic N) is 2. The first kappa shape index (κ1) is 25.9. The maximum absolute atomic E-state index is 13.4. The molecule has 0 bridgehead atoms. The summed E-state index contributed by atoms with van der Waals surface area (Å²) < 4.78 is 1.54. The van der Waals surface area contributed by atoms with E-state index in [0.29, 0.717) is 38.7 Å². The lowest BCUT2D eigenvalue weighted by Crippen LogP contribution is -2.23. The van der Waals surface area contributed by atoms with Gasteiger partial charge in [0.15, 0.2) is 5.16 Å². The van der Waals surface area contributed by atoms with Gasteiger partial charge in [0.2, 0.25) is 5.91 Å². The van der Waals surface area contributed by atoms with Crippen molar-refractivity contribution >= 4 is 45.9 Å². The zero-order valence-corrected chi connectivity index (χ0v) is 22.3. The van der Waals surface area contributed by atoms with Gasteiger partial charge in [-0.15, -0.1) is 0 Å². The Labute approximate surface area is 229 Å². The summed E-state index contributed by atoms with van der Waals surface area (Å²) in [5.41, 5.74) is 5.02. The zero-order valence-electron chi connectivity index (χ0n) is 21.5. The van der Waals surface area contributed by atoms with Crippen molar-refractivity contribution in [3.8, 4) is 5.69 Å². The van der Waals surface area contributed by atoms with E-state index in [0.717, 1.165) is 11.1 Å². The van der Waals surface area contributed by atoms with Crippen LogP contribution >= 0.6 is 11.8 Å². The van der Waals surface area contributed by atoms with Crippen molar-refractivity contribution in [2.24, 2.45) is 0 Å². The van der Waals surface area contributed by atoms with E-state index in [2.05, 4.69) is 15.6 Å². The lowest BCUT2D eigenvalue weighted by atomic mass is 10.1. The summed E-state index contributed by atoms with van der Waals surface area (Å²) in [6.45, 7) is 3.96. The van der Waals surface area contributed by atoms with Gasteiger partial charge < -0.3 is 10.6 Å². The van der Waals surface area contributed by atoms with Crippen LogP contribution in [0.25, 0.3) is 16.6 Å². The van der Waals surface area contributed by atoms with Gasteiger partial charge >= 0.3 is 0 Å². The van der Waals surface area contributed by atoms with E-state index in [1.54, 1.807) is 41.0 Å². The highest BCUT2D eigenvalue weighted by molar-refractivity contribution is 7.99. The number of aryl methyl sites for hydroxylation is 2. The molecule has 39 heavy (non-hydrogen) atoms. The monoisotopic (exact) mass is 534 g/mol. The first-order chi connectivity index (χ1) is 18.9. The van der Waals surface area contributed by atoms with Crippen LogP contribution in [0.15, 0.2) is 107 Å². The quantitative estimate of drug-likeness (QED) is 0.198. The number of benzene rings is 4. The van der Waals surface area contributed by atoms with Crippen molar-refractivity contribution in [2.45, 2.75) is 19.0 Å². The van der Waals surface area contributed by atoms with Gasteiger partial charge in [-0.3, -0.25) is 19.0 Å². The number of amides is 2. The predicted molar refractivity (Wildman–Crippen MR) is 157 cm³/mol. The van der Waals surface area contributed by atoms with E-state index in [4.69, 9.17) is 0 Å². The van der Waals surface area contributed by atoms with Crippen molar-refractivity contribution < 1.29 is 9.59 Å². The summed E-state index contributed by atoms with van der Waals surface area (Å²) in [6, 6.07) is 29.0. The topological polar surface area (TPSA) is 93.1 Å². The Hall–Kier alpha value is -4.69. The second-order valence-corrected chi connectivity index (χ2v) is 10.1. The Kier molecular flexibility index (Phi) is 7.56. The second kappa shape index (κ2) is 11.4. The molecule has 8 heteroatoms. The number of anilines is 2. The number of fused-ring (bicyclic) bond motifs is 1. The third-order valence-corrected chi connectivity index (χ3v) is 7.05. The Morgan fingerprint density at radius 2 is 1.36 bits per heavy atom. The average Bonchev–Trinajstić information content (AvgIpc) is 2.94. The summed E-state index contributed by atoms with van der Waals surface area (Å²) in [6.07, 6.45) is 0. The number of thioether (sulfide) groups is 1. The van der Waals surface area contributed by atoms with Gasteiger partial charge in [0.05, 0.1) is 22.3 Å². The van der Waals surface area contributed by atoms with Crippen LogP contribution in [0.3, 0.4) is 0 Å². The zero-order chi connectivity index (χ0) is 27.4. The Balaban J connectivity index is 1.28. The van der Waals surface area contributed by atoms with Crippen molar-refractivity contribution in [3.63, 3.8) is 0 Å². The summed E-state index contributed by atoms with van der Waals surface area (Å²) in [7, 11) is 0. The van der Waals surface area contributed by atoms with Crippen molar-refractivity contribution in [2.75, 3.05) is 16.4 Å². The molecule has 0 aliphatic rings. The third kappa shape index (κ3) is 6.08. The molecule has 0 atom stereocenters. The summed E-state index contributed by atoms with van der Waals surface area (Å²) in [4.78, 5) is 43.4. The fourth-order valence-corrected chi connectivity index (χ4v) is 4.82. The molecule has 0 saturated heterocycles. The van der Waals surface area contributed by atoms with Gasteiger partial charge in [-0.25, -0.2) is 4.98 Å². The molecule has 5 rings (SSSR count). The SMILES string of the molecule is Cc1ccc(NC(=O)c2ccc(NC(=O)CSc3nc4ccccc4c(=O)n3-c3ccc(C)cc3)cc2)cc1. The number of carbonyl (C=O) groups is 2. The van der Waals surface area contributed by atoms with Crippen LogP contribution in [0.4, 0.5) is 11.4 Å². The molecule has 5 aromatic rings. The van der Waals surface area contributed by atoms with Crippen LogP contribution in [-0.2, 0) is 4.79 Å². The van der Waals surface area contributed by atoms with Gasteiger partial charge in [0.25, 0.3) is 11.5 Å². The van der Waals surface area contributed by atoms with Gasteiger partial charge in [0.1, 0.15) is 0 Å². The lowest BCUT2D eigenvalue weighted by Gasteiger charge is -2.13. The average molecular weight is 535 g/mol. The summed E-state index contributed by atoms with van der Waals surface area (Å²) in [5, 5.41) is 6.65. The molecule has 0 radical (unpaired) electrons. The number of hydrogen-bond acceptors (Lipinski definition) is 5. The Morgan fingerprint density at radius 3 is 2.05 bits per heavy atom. The van der Waals surface area contributed by atoms with Crippen LogP contribution in [0.1, 0.15) is 21.5 Å². The van der Waals surface area contributed by atoms with Gasteiger partial charge in [-0.2, -0.15) is 0 Å². The number of para-hydroxylation sites is 1. The van der Waals surface area contributed by atoms with Crippen molar-refractivity contribution in [1.29, 1.82) is 0 Å². The lowest BCUT2D eigenvalue weighted by molar-refractivity contribution is -0.113. The van der Waals surface area contributed by atoms with Crippen molar-refractivity contribution in [1.82, 2.24) is 9.55 Å². The number of nitrogens with one attached hydrogen (secondary N) is 2. The predicted octanol–water partition coefficient (Wildman–Crippen LogP) is 5.99. The summed E-state index contributed by atoms with van der Waals surface area (Å²) >= 11 is 1.19. The largest absolute Gasteiger partial charge is 0.325 e. The van der Waals surface area contributed by atoms with Gasteiger partial charge in [0, 0.05) is 16.9 Å². The number of aromatic nitrogens is 2. The van der Waals surface area contributed by atoms with Crippen LogP contribution in [0, 0.1) is 13.8 Å². The van der Waals surface area contributed by atoms with Gasteiger partial charge in [-0.1, -0.05) is 59.3 Å².